The molecule has 1 heterocycles. The van der Waals surface area contributed by atoms with Crippen molar-refractivity contribution in [3.05, 3.63) is 23.9 Å². The molecule has 0 fully saturated rings. The highest BCUT2D eigenvalue weighted by Crippen LogP contribution is 2.07. The lowest BCUT2D eigenvalue weighted by molar-refractivity contribution is -0.141. The van der Waals surface area contributed by atoms with Crippen molar-refractivity contribution in [2.75, 3.05) is 7.11 Å². The van der Waals surface area contributed by atoms with Gasteiger partial charge in [-0.1, -0.05) is 0 Å². The smallest absolute Gasteiger partial charge is 0.328 e. The van der Waals surface area contributed by atoms with Gasteiger partial charge in [0.2, 0.25) is 5.88 Å². The summed E-state index contributed by atoms with van der Waals surface area (Å²) in [5.41, 5.74) is 0.746. The average molecular weight is 283 g/mol. The predicted molar refractivity (Wildman–Crippen MR) is 69.3 cm³/mol. The number of carbonyl (C=O) groups excluding carboxylic acids is 1. The molecule has 20 heavy (non-hydrogen) atoms. The van der Waals surface area contributed by atoms with Crippen molar-refractivity contribution < 1.29 is 24.5 Å². The first kappa shape index (κ1) is 15.7. The molecule has 0 aromatic carbocycles. The summed E-state index contributed by atoms with van der Waals surface area (Å²) in [6.45, 7) is 1.46. The standard InChI is InChI=1S/C12H17N3O5/c1-7(16)10(11(17)18)15-12(19)14-6-8-3-4-13-9(5-8)20-2/h3-5,7,10,16H,6H2,1-2H3,(H,17,18)(H2,14,15,19). The number of methoxy groups -OCH3 is 1. The predicted octanol–water partition coefficient (Wildman–Crippen LogP) is -0.277. The van der Waals surface area contributed by atoms with Crippen molar-refractivity contribution in [3.63, 3.8) is 0 Å². The molecule has 8 heteroatoms. The van der Waals surface area contributed by atoms with Gasteiger partial charge >= 0.3 is 12.0 Å². The minimum Gasteiger partial charge on any atom is -0.481 e. The molecule has 1 aromatic rings. The Bertz CT molecular complexity index is 478. The summed E-state index contributed by atoms with van der Waals surface area (Å²) in [7, 11) is 1.48. The summed E-state index contributed by atoms with van der Waals surface area (Å²) in [6, 6.07) is 1.28. The van der Waals surface area contributed by atoms with E-state index in [1.807, 2.05) is 0 Å². The number of hydrogen-bond donors (Lipinski definition) is 4. The van der Waals surface area contributed by atoms with Gasteiger partial charge in [0, 0.05) is 18.8 Å². The normalized spacial score (nSPS) is 13.2. The fourth-order valence-corrected chi connectivity index (χ4v) is 1.44. The number of pyridine rings is 1. The summed E-state index contributed by atoms with van der Waals surface area (Å²) in [5.74, 6) is -0.891. The largest absolute Gasteiger partial charge is 0.481 e. The molecule has 1 aromatic heterocycles. The van der Waals surface area contributed by atoms with E-state index >= 15 is 0 Å². The summed E-state index contributed by atoms with van der Waals surface area (Å²) in [4.78, 5) is 26.3. The zero-order chi connectivity index (χ0) is 15.1. The van der Waals surface area contributed by atoms with Crippen molar-refractivity contribution in [1.82, 2.24) is 15.6 Å². The second-order valence-electron chi connectivity index (χ2n) is 4.09. The van der Waals surface area contributed by atoms with Gasteiger partial charge in [0.15, 0.2) is 6.04 Å². The zero-order valence-electron chi connectivity index (χ0n) is 11.2. The lowest BCUT2D eigenvalue weighted by atomic mass is 10.2. The van der Waals surface area contributed by atoms with Crippen LogP contribution >= 0.6 is 0 Å². The number of aliphatic hydroxyl groups excluding tert-OH is 1. The van der Waals surface area contributed by atoms with E-state index in [-0.39, 0.29) is 6.54 Å². The molecule has 0 spiro atoms. The number of aliphatic hydroxyl groups is 1. The van der Waals surface area contributed by atoms with Crippen LogP contribution in [0.15, 0.2) is 18.3 Å². The number of nitrogens with zero attached hydrogens (tertiary/aromatic N) is 1. The Morgan fingerprint density at radius 3 is 2.75 bits per heavy atom. The van der Waals surface area contributed by atoms with Crippen molar-refractivity contribution in [1.29, 1.82) is 0 Å². The van der Waals surface area contributed by atoms with E-state index in [4.69, 9.17) is 9.84 Å². The summed E-state index contributed by atoms with van der Waals surface area (Å²) in [5, 5.41) is 22.7. The molecule has 0 aliphatic carbocycles. The number of rotatable bonds is 6. The number of ether oxygens (including phenoxy) is 1. The molecule has 0 saturated heterocycles. The van der Waals surface area contributed by atoms with Crippen LogP contribution in [-0.4, -0.2) is 46.5 Å². The van der Waals surface area contributed by atoms with Crippen molar-refractivity contribution in [3.8, 4) is 5.88 Å². The molecule has 0 aliphatic heterocycles. The van der Waals surface area contributed by atoms with Crippen LogP contribution in [0.3, 0.4) is 0 Å². The zero-order valence-corrected chi connectivity index (χ0v) is 11.2. The molecule has 110 valence electrons. The Hall–Kier alpha value is -2.35. The first-order chi connectivity index (χ1) is 9.43. The number of carboxylic acid groups (broad SMARTS) is 1. The summed E-state index contributed by atoms with van der Waals surface area (Å²) >= 11 is 0. The Labute approximate surface area is 115 Å². The molecule has 2 amide bonds. The van der Waals surface area contributed by atoms with Gasteiger partial charge in [0.25, 0.3) is 0 Å². The van der Waals surface area contributed by atoms with E-state index < -0.39 is 24.1 Å². The number of nitrogens with one attached hydrogen (secondary N) is 2. The minimum atomic E-state index is -1.36. The van der Waals surface area contributed by atoms with Gasteiger partial charge in [-0.2, -0.15) is 0 Å². The highest BCUT2D eigenvalue weighted by atomic mass is 16.5. The van der Waals surface area contributed by atoms with E-state index in [2.05, 4.69) is 15.6 Å². The Balaban J connectivity index is 2.52. The van der Waals surface area contributed by atoms with Crippen molar-refractivity contribution in [2.24, 2.45) is 0 Å². The highest BCUT2D eigenvalue weighted by molar-refractivity contribution is 5.82. The summed E-state index contributed by atoms with van der Waals surface area (Å²) < 4.78 is 4.94. The first-order valence-electron chi connectivity index (χ1n) is 5.88. The third kappa shape index (κ3) is 4.73. The third-order valence-electron chi connectivity index (χ3n) is 2.50. The molecule has 4 N–H and O–H groups in total. The van der Waals surface area contributed by atoms with Gasteiger partial charge in [-0.3, -0.25) is 0 Å². The summed E-state index contributed by atoms with van der Waals surface area (Å²) in [6.07, 6.45) is 0.336. The molecule has 2 unspecified atom stereocenters. The van der Waals surface area contributed by atoms with Crippen LogP contribution in [0.25, 0.3) is 0 Å². The third-order valence-corrected chi connectivity index (χ3v) is 2.50. The van der Waals surface area contributed by atoms with Crippen molar-refractivity contribution >= 4 is 12.0 Å². The van der Waals surface area contributed by atoms with Gasteiger partial charge in [-0.25, -0.2) is 14.6 Å². The van der Waals surface area contributed by atoms with E-state index in [0.717, 1.165) is 5.56 Å². The maximum Gasteiger partial charge on any atom is 0.328 e. The number of carboxylic acids is 1. The van der Waals surface area contributed by atoms with E-state index in [9.17, 15) is 14.7 Å². The number of aliphatic carboxylic acids is 1. The fourth-order valence-electron chi connectivity index (χ4n) is 1.44. The molecule has 2 atom stereocenters. The first-order valence-corrected chi connectivity index (χ1v) is 5.88. The molecule has 0 aliphatic rings. The molecule has 1 rings (SSSR count). The van der Waals surface area contributed by atoms with Gasteiger partial charge in [-0.05, 0) is 18.6 Å². The molecular formula is C12H17N3O5. The van der Waals surface area contributed by atoms with Crippen LogP contribution in [0.5, 0.6) is 5.88 Å². The van der Waals surface area contributed by atoms with Gasteiger partial charge in [0.1, 0.15) is 0 Å². The second kappa shape index (κ2) is 7.29. The number of carbonyl (C=O) groups is 2. The number of hydrogen-bond acceptors (Lipinski definition) is 5. The molecular weight excluding hydrogens is 266 g/mol. The Kier molecular flexibility index (Phi) is 5.73. The quantitative estimate of drug-likeness (QED) is 0.570. The van der Waals surface area contributed by atoms with Crippen LogP contribution < -0.4 is 15.4 Å². The van der Waals surface area contributed by atoms with Gasteiger partial charge in [0.05, 0.1) is 13.2 Å². The maximum atomic E-state index is 11.5. The number of urea groups is 1. The monoisotopic (exact) mass is 283 g/mol. The van der Waals surface area contributed by atoms with E-state index in [1.54, 1.807) is 12.1 Å². The fraction of sp³-hybridized carbons (Fsp3) is 0.417. The lowest BCUT2D eigenvalue weighted by Gasteiger charge is -2.17. The minimum absolute atomic E-state index is 0.177. The average Bonchev–Trinajstić information content (AvgIpc) is 2.42. The molecule has 0 bridgehead atoms. The Morgan fingerprint density at radius 1 is 1.50 bits per heavy atom. The topological polar surface area (TPSA) is 121 Å². The molecule has 8 nitrogen and oxygen atoms in total. The van der Waals surface area contributed by atoms with Crippen molar-refractivity contribution in [2.45, 2.75) is 25.6 Å². The van der Waals surface area contributed by atoms with Crippen LogP contribution in [0.4, 0.5) is 4.79 Å². The van der Waals surface area contributed by atoms with E-state index in [0.29, 0.717) is 5.88 Å². The second-order valence-corrected chi connectivity index (χ2v) is 4.09. The van der Waals surface area contributed by atoms with Crippen LogP contribution in [0.2, 0.25) is 0 Å². The van der Waals surface area contributed by atoms with Crippen LogP contribution in [0, 0.1) is 0 Å². The van der Waals surface area contributed by atoms with E-state index in [1.165, 1.54) is 20.2 Å². The van der Waals surface area contributed by atoms with Gasteiger partial charge < -0.3 is 25.6 Å². The number of aromatic nitrogens is 1. The maximum absolute atomic E-state index is 11.5. The van der Waals surface area contributed by atoms with Crippen LogP contribution in [-0.2, 0) is 11.3 Å². The molecule has 0 saturated carbocycles. The SMILES string of the molecule is COc1cc(CNC(=O)NC(C(=O)O)C(C)O)ccn1. The highest BCUT2D eigenvalue weighted by Gasteiger charge is 2.24. The Morgan fingerprint density at radius 2 is 2.20 bits per heavy atom. The lowest BCUT2D eigenvalue weighted by Crippen LogP contribution is -2.50. The molecule has 0 radical (unpaired) electrons. The van der Waals surface area contributed by atoms with Crippen LogP contribution in [0.1, 0.15) is 12.5 Å². The number of amides is 2. The van der Waals surface area contributed by atoms with Gasteiger partial charge in [-0.15, -0.1) is 0 Å².